The van der Waals surface area contributed by atoms with Crippen LogP contribution in [0.1, 0.15) is 55.2 Å². The maximum absolute atomic E-state index is 12.7. The van der Waals surface area contributed by atoms with Crippen molar-refractivity contribution in [2.45, 2.75) is 46.0 Å². The van der Waals surface area contributed by atoms with Gasteiger partial charge < -0.3 is 9.80 Å². The smallest absolute Gasteiger partial charge is 0.272 e. The Morgan fingerprint density at radius 1 is 1.09 bits per heavy atom. The molecule has 3 rings (SSSR count). The maximum Gasteiger partial charge on any atom is 0.272 e. The molecule has 120 valence electrons. The first-order chi connectivity index (χ1) is 10.6. The Balaban J connectivity index is 1.78. The highest BCUT2D eigenvalue weighted by atomic mass is 16.2. The predicted molar refractivity (Wildman–Crippen MR) is 87.1 cm³/mol. The number of piperidine rings is 2. The van der Waals surface area contributed by atoms with Crippen LogP contribution in [0.3, 0.4) is 0 Å². The Labute approximate surface area is 132 Å². The van der Waals surface area contributed by atoms with E-state index in [1.54, 1.807) is 0 Å². The van der Waals surface area contributed by atoms with Gasteiger partial charge in [-0.3, -0.25) is 4.79 Å². The zero-order valence-corrected chi connectivity index (χ0v) is 13.7. The molecule has 2 aliphatic rings. The molecular formula is C17H26N4O. The normalized spacial score (nSPS) is 20.3. The molecule has 1 amide bonds. The summed E-state index contributed by atoms with van der Waals surface area (Å²) in [6.07, 6.45) is 5.83. The zero-order valence-electron chi connectivity index (χ0n) is 13.7. The van der Waals surface area contributed by atoms with Gasteiger partial charge in [-0.05, 0) is 51.0 Å². The van der Waals surface area contributed by atoms with E-state index < -0.39 is 0 Å². The number of aryl methyl sites for hydroxylation is 1. The highest BCUT2D eigenvalue weighted by Gasteiger charge is 2.24. The van der Waals surface area contributed by atoms with Crippen molar-refractivity contribution in [3.63, 3.8) is 0 Å². The monoisotopic (exact) mass is 302 g/mol. The van der Waals surface area contributed by atoms with Crippen molar-refractivity contribution in [2.24, 2.45) is 5.92 Å². The lowest BCUT2D eigenvalue weighted by Crippen LogP contribution is -2.39. The number of carbonyl (C=O) groups excluding carboxylic acids is 1. The van der Waals surface area contributed by atoms with Gasteiger partial charge in [0.1, 0.15) is 5.69 Å². The van der Waals surface area contributed by atoms with Gasteiger partial charge in [0, 0.05) is 31.9 Å². The van der Waals surface area contributed by atoms with Crippen molar-refractivity contribution in [3.8, 4) is 0 Å². The van der Waals surface area contributed by atoms with Crippen molar-refractivity contribution in [2.75, 3.05) is 31.1 Å². The quantitative estimate of drug-likeness (QED) is 0.842. The summed E-state index contributed by atoms with van der Waals surface area (Å²) in [6.45, 7) is 7.90. The molecule has 0 N–H and O–H groups in total. The van der Waals surface area contributed by atoms with Gasteiger partial charge in [-0.2, -0.15) is 0 Å². The van der Waals surface area contributed by atoms with Gasteiger partial charge in [0.05, 0.1) is 0 Å². The Morgan fingerprint density at radius 2 is 1.77 bits per heavy atom. The molecule has 2 saturated heterocycles. The molecule has 2 aliphatic heterocycles. The molecule has 3 heterocycles. The fourth-order valence-electron chi connectivity index (χ4n) is 3.27. The minimum absolute atomic E-state index is 0.0654. The summed E-state index contributed by atoms with van der Waals surface area (Å²) in [5.41, 5.74) is 1.44. The van der Waals surface area contributed by atoms with E-state index in [1.165, 1.54) is 19.3 Å². The first kappa shape index (κ1) is 15.3. The zero-order chi connectivity index (χ0) is 15.5. The van der Waals surface area contributed by atoms with Gasteiger partial charge in [-0.15, -0.1) is 0 Å². The standard InChI is InChI=1S/C17H26N4O/c1-13-6-10-20(11-7-13)16(22)15-12-14(2)18-17(19-15)21-8-4-3-5-9-21/h12-13H,3-11H2,1-2H3. The number of aromatic nitrogens is 2. The summed E-state index contributed by atoms with van der Waals surface area (Å²) in [4.78, 5) is 26.0. The van der Waals surface area contributed by atoms with Gasteiger partial charge in [-0.25, -0.2) is 9.97 Å². The summed E-state index contributed by atoms with van der Waals surface area (Å²) >= 11 is 0. The second-order valence-corrected chi connectivity index (χ2v) is 6.72. The first-order valence-corrected chi connectivity index (χ1v) is 8.53. The van der Waals surface area contributed by atoms with Crippen LogP contribution in [-0.4, -0.2) is 47.0 Å². The lowest BCUT2D eigenvalue weighted by Gasteiger charge is -2.31. The SMILES string of the molecule is Cc1cc(C(=O)N2CCC(C)CC2)nc(N2CCCCC2)n1. The predicted octanol–water partition coefficient (Wildman–Crippen LogP) is 2.65. The topological polar surface area (TPSA) is 49.3 Å². The van der Waals surface area contributed by atoms with Gasteiger partial charge in [0.15, 0.2) is 0 Å². The summed E-state index contributed by atoms with van der Waals surface area (Å²) in [5, 5.41) is 0. The number of amides is 1. The molecule has 1 aromatic heterocycles. The third-order valence-electron chi connectivity index (χ3n) is 4.77. The fraction of sp³-hybridized carbons (Fsp3) is 0.706. The van der Waals surface area contributed by atoms with E-state index in [9.17, 15) is 4.79 Å². The van der Waals surface area contributed by atoms with Crippen molar-refractivity contribution in [1.29, 1.82) is 0 Å². The van der Waals surface area contributed by atoms with Crippen LogP contribution in [0.15, 0.2) is 6.07 Å². The maximum atomic E-state index is 12.7. The Bertz CT molecular complexity index is 531. The number of likely N-dealkylation sites (tertiary alicyclic amines) is 1. The molecule has 2 fully saturated rings. The number of anilines is 1. The summed E-state index contributed by atoms with van der Waals surface area (Å²) < 4.78 is 0. The van der Waals surface area contributed by atoms with E-state index in [2.05, 4.69) is 21.8 Å². The largest absolute Gasteiger partial charge is 0.341 e. The van der Waals surface area contributed by atoms with Crippen molar-refractivity contribution in [1.82, 2.24) is 14.9 Å². The van der Waals surface area contributed by atoms with E-state index in [0.29, 0.717) is 5.69 Å². The van der Waals surface area contributed by atoms with Crippen LogP contribution in [0.25, 0.3) is 0 Å². The number of carbonyl (C=O) groups is 1. The molecule has 5 nitrogen and oxygen atoms in total. The second kappa shape index (κ2) is 6.63. The van der Waals surface area contributed by atoms with Crippen molar-refractivity contribution in [3.05, 3.63) is 17.5 Å². The van der Waals surface area contributed by atoms with Crippen LogP contribution in [-0.2, 0) is 0 Å². The highest BCUT2D eigenvalue weighted by Crippen LogP contribution is 2.20. The number of hydrogen-bond acceptors (Lipinski definition) is 4. The Hall–Kier alpha value is -1.65. The summed E-state index contributed by atoms with van der Waals surface area (Å²) in [6, 6.07) is 1.83. The van der Waals surface area contributed by atoms with Gasteiger partial charge in [-0.1, -0.05) is 6.92 Å². The fourth-order valence-corrected chi connectivity index (χ4v) is 3.27. The van der Waals surface area contributed by atoms with Crippen LogP contribution in [0.2, 0.25) is 0 Å². The van der Waals surface area contributed by atoms with Crippen LogP contribution in [0, 0.1) is 12.8 Å². The molecule has 0 aromatic carbocycles. The molecule has 0 atom stereocenters. The molecule has 0 unspecified atom stereocenters. The molecule has 1 aromatic rings. The van der Waals surface area contributed by atoms with Gasteiger partial charge in [0.2, 0.25) is 5.95 Å². The van der Waals surface area contributed by atoms with E-state index in [4.69, 9.17) is 0 Å². The average Bonchev–Trinajstić information content (AvgIpc) is 2.55. The molecule has 0 aliphatic carbocycles. The van der Waals surface area contributed by atoms with E-state index in [1.807, 2.05) is 17.9 Å². The second-order valence-electron chi connectivity index (χ2n) is 6.72. The number of rotatable bonds is 2. The molecule has 22 heavy (non-hydrogen) atoms. The van der Waals surface area contributed by atoms with Gasteiger partial charge >= 0.3 is 0 Å². The van der Waals surface area contributed by atoms with E-state index in [-0.39, 0.29) is 5.91 Å². The van der Waals surface area contributed by atoms with Gasteiger partial charge in [0.25, 0.3) is 5.91 Å². The third-order valence-corrected chi connectivity index (χ3v) is 4.77. The minimum Gasteiger partial charge on any atom is -0.341 e. The molecule has 5 heteroatoms. The molecule has 0 radical (unpaired) electrons. The Morgan fingerprint density at radius 3 is 2.45 bits per heavy atom. The summed E-state index contributed by atoms with van der Waals surface area (Å²) in [7, 11) is 0. The van der Waals surface area contributed by atoms with Crippen LogP contribution < -0.4 is 4.90 Å². The van der Waals surface area contributed by atoms with E-state index >= 15 is 0 Å². The molecule has 0 saturated carbocycles. The molecular weight excluding hydrogens is 276 g/mol. The molecule has 0 bridgehead atoms. The van der Waals surface area contributed by atoms with Crippen molar-refractivity contribution >= 4 is 11.9 Å². The minimum atomic E-state index is 0.0654. The Kier molecular flexibility index (Phi) is 4.60. The van der Waals surface area contributed by atoms with Crippen LogP contribution >= 0.6 is 0 Å². The van der Waals surface area contributed by atoms with E-state index in [0.717, 1.165) is 56.6 Å². The molecule has 0 spiro atoms. The number of hydrogen-bond donors (Lipinski definition) is 0. The lowest BCUT2D eigenvalue weighted by atomic mass is 9.99. The highest BCUT2D eigenvalue weighted by molar-refractivity contribution is 5.92. The first-order valence-electron chi connectivity index (χ1n) is 8.53. The van der Waals surface area contributed by atoms with Crippen molar-refractivity contribution < 1.29 is 4.79 Å². The lowest BCUT2D eigenvalue weighted by molar-refractivity contribution is 0.0691. The average molecular weight is 302 g/mol. The van der Waals surface area contributed by atoms with Crippen LogP contribution in [0.4, 0.5) is 5.95 Å². The summed E-state index contributed by atoms with van der Waals surface area (Å²) in [5.74, 6) is 1.52. The third kappa shape index (κ3) is 3.39. The van der Waals surface area contributed by atoms with Crippen LogP contribution in [0.5, 0.6) is 0 Å². The number of nitrogens with zero attached hydrogens (tertiary/aromatic N) is 4.